The van der Waals surface area contributed by atoms with E-state index in [1.54, 1.807) is 6.33 Å². The molecule has 4 nitrogen and oxygen atoms in total. The normalized spacial score (nSPS) is 12.6. The quantitative estimate of drug-likeness (QED) is 0.279. The van der Waals surface area contributed by atoms with Gasteiger partial charge >= 0.3 is 0 Å². The van der Waals surface area contributed by atoms with Crippen LogP contribution in [0.25, 0.3) is 0 Å². The lowest BCUT2D eigenvalue weighted by molar-refractivity contribution is -0.110. The molecule has 0 fully saturated rings. The van der Waals surface area contributed by atoms with Gasteiger partial charge in [-0.1, -0.05) is 12.8 Å². The van der Waals surface area contributed by atoms with Gasteiger partial charge < -0.3 is 4.98 Å². The van der Waals surface area contributed by atoms with Crippen LogP contribution in [0.2, 0.25) is 0 Å². The van der Waals surface area contributed by atoms with E-state index >= 15 is 0 Å². The Morgan fingerprint density at radius 2 is 2.31 bits per heavy atom. The molecule has 90 valence electrons. The van der Waals surface area contributed by atoms with Crippen molar-refractivity contribution in [2.45, 2.75) is 38.1 Å². The Labute approximate surface area is 123 Å². The number of aryl methyl sites for hydroxylation is 1. The van der Waals surface area contributed by atoms with Gasteiger partial charge in [0.05, 0.1) is 12.4 Å². The number of nitrogens with one attached hydrogen (secondary N) is 2. The van der Waals surface area contributed by atoms with Crippen LogP contribution >= 0.6 is 45.5 Å². The third-order valence-corrected chi connectivity index (χ3v) is 3.90. The van der Waals surface area contributed by atoms with E-state index in [9.17, 15) is 4.79 Å². The highest BCUT2D eigenvalue weighted by molar-refractivity contribution is 14.1. The first kappa shape index (κ1) is 14.4. The van der Waals surface area contributed by atoms with Gasteiger partial charge in [0, 0.05) is 57.3 Å². The minimum Gasteiger partial charge on any atom is -0.348 e. The fourth-order valence-corrected chi connectivity index (χ4v) is 3.13. The Kier molecular flexibility index (Phi) is 7.54. The average Bonchev–Trinajstić information content (AvgIpc) is 2.75. The molecule has 0 radical (unpaired) electrons. The summed E-state index contributed by atoms with van der Waals surface area (Å²) in [5, 5.41) is 0. The molecule has 1 heterocycles. The van der Waals surface area contributed by atoms with E-state index in [4.69, 9.17) is 0 Å². The molecule has 2 N–H and O–H groups in total. The molecule has 0 saturated carbocycles. The number of carbonyl (C=O) groups excluding carboxylic acids is 1. The smallest absolute Gasteiger partial charge is 0.209 e. The fraction of sp³-hybridized carbons (Fsp3) is 0.600. The topological polar surface area (TPSA) is 57.8 Å². The molecule has 0 bridgehead atoms. The number of carbonyl (C=O) groups is 1. The van der Waals surface area contributed by atoms with Crippen LogP contribution < -0.4 is 3.53 Å². The number of halogens is 2. The first-order valence-corrected chi connectivity index (χ1v) is 7.42. The molecule has 0 saturated heterocycles. The number of aromatic nitrogens is 2. The Morgan fingerprint density at radius 3 is 2.88 bits per heavy atom. The average molecular weight is 447 g/mol. The monoisotopic (exact) mass is 447 g/mol. The van der Waals surface area contributed by atoms with Gasteiger partial charge in [-0.3, -0.25) is 4.79 Å². The van der Waals surface area contributed by atoms with Crippen LogP contribution in [0.3, 0.4) is 0 Å². The van der Waals surface area contributed by atoms with E-state index in [-0.39, 0.29) is 9.83 Å². The maximum Gasteiger partial charge on any atom is 0.209 e. The number of nitrogens with zero attached hydrogens (tertiary/aromatic N) is 1. The van der Waals surface area contributed by atoms with Crippen molar-refractivity contribution in [2.75, 3.05) is 0 Å². The van der Waals surface area contributed by atoms with E-state index in [0.717, 1.165) is 32.1 Å². The van der Waals surface area contributed by atoms with Crippen LogP contribution in [-0.4, -0.2) is 19.8 Å². The van der Waals surface area contributed by atoms with Crippen LogP contribution in [0.15, 0.2) is 12.5 Å². The van der Waals surface area contributed by atoms with Gasteiger partial charge in [-0.15, -0.1) is 0 Å². The van der Waals surface area contributed by atoms with Crippen LogP contribution in [0, 0.1) is 0 Å². The van der Waals surface area contributed by atoms with Gasteiger partial charge in [-0.05, 0) is 19.3 Å². The first-order chi connectivity index (χ1) is 7.74. The zero-order valence-corrected chi connectivity index (χ0v) is 13.2. The number of hydrogen-bond donors (Lipinski definition) is 2. The molecule has 0 aliphatic rings. The van der Waals surface area contributed by atoms with E-state index in [1.807, 2.05) is 51.7 Å². The molecule has 1 aromatic rings. The van der Waals surface area contributed by atoms with Crippen LogP contribution in [0.1, 0.15) is 31.4 Å². The number of hydrogen-bond acceptors (Lipinski definition) is 3. The van der Waals surface area contributed by atoms with Crippen molar-refractivity contribution in [3.8, 4) is 0 Å². The highest BCUT2D eigenvalue weighted by Crippen LogP contribution is 2.10. The Hall–Kier alpha value is 0.300. The summed E-state index contributed by atoms with van der Waals surface area (Å²) in [7, 11) is 0. The van der Waals surface area contributed by atoms with Gasteiger partial charge in [0.2, 0.25) is 3.79 Å². The zero-order valence-electron chi connectivity index (χ0n) is 8.88. The van der Waals surface area contributed by atoms with E-state index in [2.05, 4.69) is 13.5 Å². The molecule has 0 aliphatic carbocycles. The van der Waals surface area contributed by atoms with Gasteiger partial charge in [0.1, 0.15) is 0 Å². The number of imidazole rings is 1. The Balaban J connectivity index is 2.05. The molecule has 1 unspecified atom stereocenters. The minimum atomic E-state index is 0.00774. The molecule has 0 aromatic carbocycles. The maximum atomic E-state index is 11.1. The Bertz CT molecular complexity index is 303. The summed E-state index contributed by atoms with van der Waals surface area (Å²) in [6, 6.07) is 0.00774. The molecule has 16 heavy (non-hydrogen) atoms. The largest absolute Gasteiger partial charge is 0.348 e. The van der Waals surface area contributed by atoms with Crippen molar-refractivity contribution in [2.24, 2.45) is 0 Å². The molecule has 0 spiro atoms. The van der Waals surface area contributed by atoms with Crippen molar-refractivity contribution >= 4 is 49.2 Å². The van der Waals surface area contributed by atoms with Crippen LogP contribution in [0.5, 0.6) is 0 Å². The van der Waals surface area contributed by atoms with Crippen molar-refractivity contribution in [3.63, 3.8) is 0 Å². The summed E-state index contributed by atoms with van der Waals surface area (Å²) in [4.78, 5) is 18.2. The van der Waals surface area contributed by atoms with Gasteiger partial charge in [-0.2, -0.15) is 0 Å². The number of unbranched alkanes of at least 4 members (excludes halogenated alkanes) is 2. The van der Waals surface area contributed by atoms with Crippen molar-refractivity contribution in [3.05, 3.63) is 18.2 Å². The van der Waals surface area contributed by atoms with Crippen molar-refractivity contribution in [1.82, 2.24) is 13.5 Å². The second kappa shape index (κ2) is 8.40. The lowest BCUT2D eigenvalue weighted by atomic mass is 10.1. The molecule has 0 aliphatic heterocycles. The summed E-state index contributed by atoms with van der Waals surface area (Å²) >= 11 is 3.90. The molecule has 1 rings (SSSR count). The van der Waals surface area contributed by atoms with E-state index in [0.29, 0.717) is 0 Å². The Morgan fingerprint density at radius 1 is 1.50 bits per heavy atom. The van der Waals surface area contributed by atoms with Gasteiger partial charge in [0.25, 0.3) is 0 Å². The van der Waals surface area contributed by atoms with Gasteiger partial charge in [0.15, 0.2) is 0 Å². The number of H-pyrrole nitrogens is 1. The van der Waals surface area contributed by atoms with E-state index < -0.39 is 0 Å². The number of aromatic amines is 1. The fourth-order valence-electron chi connectivity index (χ4n) is 1.47. The standard InChI is InChI=1S/C10H15I2N3O/c11-10(16)9(15-12)5-3-1-2-4-8-6-13-7-14-8/h6-7,9,15H,1-5H2,(H,13,14). The maximum absolute atomic E-state index is 11.1. The molecule has 1 aromatic heterocycles. The summed E-state index contributed by atoms with van der Waals surface area (Å²) in [5.41, 5.74) is 1.19. The number of rotatable bonds is 8. The molecule has 1 atom stereocenters. The van der Waals surface area contributed by atoms with Crippen LogP contribution in [-0.2, 0) is 11.2 Å². The lowest BCUT2D eigenvalue weighted by Crippen LogP contribution is -2.26. The lowest BCUT2D eigenvalue weighted by Gasteiger charge is -2.09. The first-order valence-electron chi connectivity index (χ1n) is 5.26. The summed E-state index contributed by atoms with van der Waals surface area (Å²) in [6.45, 7) is 0. The zero-order chi connectivity index (χ0) is 11.8. The highest BCUT2D eigenvalue weighted by atomic mass is 127. The predicted molar refractivity (Wildman–Crippen MR) is 80.7 cm³/mol. The van der Waals surface area contributed by atoms with Crippen molar-refractivity contribution < 1.29 is 4.79 Å². The molecule has 0 amide bonds. The summed E-state index contributed by atoms with van der Waals surface area (Å²) in [5.74, 6) is 0. The van der Waals surface area contributed by atoms with Crippen molar-refractivity contribution in [1.29, 1.82) is 0 Å². The van der Waals surface area contributed by atoms with E-state index in [1.165, 1.54) is 5.69 Å². The van der Waals surface area contributed by atoms with Crippen LogP contribution in [0.4, 0.5) is 0 Å². The minimum absolute atomic E-state index is 0.00774. The molecule has 6 heteroatoms. The molecular formula is C10H15I2N3O. The second-order valence-electron chi connectivity index (χ2n) is 3.64. The predicted octanol–water partition coefficient (Wildman–Crippen LogP) is 2.78. The van der Waals surface area contributed by atoms with Gasteiger partial charge in [-0.25, -0.2) is 8.51 Å². The molecular weight excluding hydrogens is 432 g/mol. The third-order valence-electron chi connectivity index (χ3n) is 2.40. The third kappa shape index (κ3) is 5.58. The summed E-state index contributed by atoms with van der Waals surface area (Å²) < 4.78 is 3.20. The highest BCUT2D eigenvalue weighted by Gasteiger charge is 2.12. The summed E-state index contributed by atoms with van der Waals surface area (Å²) in [6.07, 6.45) is 8.92. The second-order valence-corrected chi connectivity index (χ2v) is 5.33. The SMILES string of the molecule is O=C(I)C(CCCCCc1cnc[nH]1)NI.